The molecule has 1 aromatic rings. The molecular formula is C17H28N2. The predicted molar refractivity (Wildman–Crippen MR) is 81.4 cm³/mol. The van der Waals surface area contributed by atoms with Crippen LogP contribution in [0, 0.1) is 18.8 Å². The van der Waals surface area contributed by atoms with E-state index < -0.39 is 0 Å². The average Bonchev–Trinajstić information content (AvgIpc) is 2.41. The highest BCUT2D eigenvalue weighted by Gasteiger charge is 2.29. The zero-order valence-electron chi connectivity index (χ0n) is 12.7. The topological polar surface area (TPSA) is 24.9 Å². The summed E-state index contributed by atoms with van der Waals surface area (Å²) in [6, 6.07) is 4.45. The molecule has 1 fully saturated rings. The van der Waals surface area contributed by atoms with Crippen LogP contribution in [0.15, 0.2) is 18.3 Å². The van der Waals surface area contributed by atoms with Crippen LogP contribution in [-0.4, -0.2) is 18.1 Å². The van der Waals surface area contributed by atoms with Gasteiger partial charge >= 0.3 is 0 Å². The summed E-state index contributed by atoms with van der Waals surface area (Å²) in [6.07, 6.45) is 7.39. The highest BCUT2D eigenvalue weighted by molar-refractivity contribution is 5.19. The van der Waals surface area contributed by atoms with Gasteiger partial charge in [-0.2, -0.15) is 0 Å². The van der Waals surface area contributed by atoms with Crippen molar-refractivity contribution in [2.75, 3.05) is 13.1 Å². The van der Waals surface area contributed by atoms with Gasteiger partial charge in [0.15, 0.2) is 0 Å². The minimum atomic E-state index is 0.696. The first-order valence-electron chi connectivity index (χ1n) is 7.84. The third-order valence-electron chi connectivity index (χ3n) is 4.45. The van der Waals surface area contributed by atoms with Gasteiger partial charge in [-0.25, -0.2) is 0 Å². The Labute approximate surface area is 118 Å². The molecule has 106 valence electrons. The number of nitrogens with zero attached hydrogens (tertiary/aromatic N) is 1. The Morgan fingerprint density at radius 3 is 2.84 bits per heavy atom. The fourth-order valence-electron chi connectivity index (χ4n) is 3.26. The summed E-state index contributed by atoms with van der Waals surface area (Å²) in [5.74, 6) is 2.34. The number of rotatable bonds is 5. The Bertz CT molecular complexity index is 371. The number of hydrogen-bond donors (Lipinski definition) is 1. The lowest BCUT2D eigenvalue weighted by Gasteiger charge is -2.35. The standard InChI is InChI=1S/C17H28N2/c1-4-9-18-11-15-7-5-13(2)10-17(15)16-8-6-14(3)19-12-16/h6,8,12-13,15,17-18H,4-5,7,9-11H2,1-3H3. The maximum atomic E-state index is 4.49. The molecule has 2 heteroatoms. The van der Waals surface area contributed by atoms with Crippen LogP contribution in [0.5, 0.6) is 0 Å². The van der Waals surface area contributed by atoms with Gasteiger partial charge in [-0.15, -0.1) is 0 Å². The Morgan fingerprint density at radius 1 is 1.32 bits per heavy atom. The second kappa shape index (κ2) is 7.04. The monoisotopic (exact) mass is 260 g/mol. The molecule has 2 rings (SSSR count). The van der Waals surface area contributed by atoms with E-state index in [-0.39, 0.29) is 0 Å². The molecule has 1 N–H and O–H groups in total. The van der Waals surface area contributed by atoms with E-state index in [2.05, 4.69) is 49.4 Å². The molecule has 0 aromatic carbocycles. The first-order valence-corrected chi connectivity index (χ1v) is 7.84. The van der Waals surface area contributed by atoms with Gasteiger partial charge in [0.05, 0.1) is 0 Å². The SMILES string of the molecule is CCCNCC1CCC(C)CC1c1ccc(C)nc1. The van der Waals surface area contributed by atoms with Crippen molar-refractivity contribution in [3.8, 4) is 0 Å². The van der Waals surface area contributed by atoms with Crippen LogP contribution in [-0.2, 0) is 0 Å². The molecule has 1 aromatic heterocycles. The summed E-state index contributed by atoms with van der Waals surface area (Å²) >= 11 is 0. The van der Waals surface area contributed by atoms with Gasteiger partial charge in [-0.05, 0) is 68.7 Å². The van der Waals surface area contributed by atoms with Gasteiger partial charge in [0.25, 0.3) is 0 Å². The lowest BCUT2D eigenvalue weighted by molar-refractivity contribution is 0.241. The first-order chi connectivity index (χ1) is 9.20. The summed E-state index contributed by atoms with van der Waals surface area (Å²) in [4.78, 5) is 4.49. The molecule has 0 bridgehead atoms. The van der Waals surface area contributed by atoms with Crippen LogP contribution < -0.4 is 5.32 Å². The largest absolute Gasteiger partial charge is 0.316 e. The van der Waals surface area contributed by atoms with E-state index in [0.717, 1.165) is 24.1 Å². The summed E-state index contributed by atoms with van der Waals surface area (Å²) in [5, 5.41) is 3.61. The van der Waals surface area contributed by atoms with E-state index in [1.165, 1.54) is 37.8 Å². The number of pyridine rings is 1. The molecule has 0 spiro atoms. The Morgan fingerprint density at radius 2 is 2.16 bits per heavy atom. The summed E-state index contributed by atoms with van der Waals surface area (Å²) < 4.78 is 0. The molecule has 19 heavy (non-hydrogen) atoms. The molecule has 3 unspecified atom stereocenters. The Hall–Kier alpha value is -0.890. The van der Waals surface area contributed by atoms with Crippen molar-refractivity contribution in [1.82, 2.24) is 10.3 Å². The van der Waals surface area contributed by atoms with Crippen LogP contribution in [0.3, 0.4) is 0 Å². The van der Waals surface area contributed by atoms with E-state index in [0.29, 0.717) is 5.92 Å². The lowest BCUT2D eigenvalue weighted by atomic mass is 9.72. The number of aryl methyl sites for hydroxylation is 1. The maximum Gasteiger partial charge on any atom is 0.0372 e. The van der Waals surface area contributed by atoms with Crippen molar-refractivity contribution in [2.45, 2.75) is 52.4 Å². The highest BCUT2D eigenvalue weighted by atomic mass is 14.9. The predicted octanol–water partition coefficient (Wildman–Crippen LogP) is 3.91. The van der Waals surface area contributed by atoms with Crippen LogP contribution in [0.25, 0.3) is 0 Å². The van der Waals surface area contributed by atoms with E-state index in [1.807, 2.05) is 0 Å². The third-order valence-corrected chi connectivity index (χ3v) is 4.45. The third kappa shape index (κ3) is 4.04. The van der Waals surface area contributed by atoms with E-state index in [1.54, 1.807) is 0 Å². The van der Waals surface area contributed by atoms with Crippen LogP contribution >= 0.6 is 0 Å². The fraction of sp³-hybridized carbons (Fsp3) is 0.706. The highest BCUT2D eigenvalue weighted by Crippen LogP contribution is 2.39. The molecule has 3 atom stereocenters. The maximum absolute atomic E-state index is 4.49. The molecule has 0 saturated heterocycles. The van der Waals surface area contributed by atoms with Gasteiger partial charge in [0.1, 0.15) is 0 Å². The first kappa shape index (κ1) is 14.5. The second-order valence-electron chi connectivity index (χ2n) is 6.22. The van der Waals surface area contributed by atoms with Crippen molar-refractivity contribution in [3.05, 3.63) is 29.6 Å². The van der Waals surface area contributed by atoms with Gasteiger partial charge in [0, 0.05) is 11.9 Å². The van der Waals surface area contributed by atoms with Gasteiger partial charge < -0.3 is 5.32 Å². The van der Waals surface area contributed by atoms with Crippen molar-refractivity contribution in [3.63, 3.8) is 0 Å². The fourth-order valence-corrected chi connectivity index (χ4v) is 3.26. The molecule has 0 amide bonds. The van der Waals surface area contributed by atoms with E-state index in [4.69, 9.17) is 0 Å². The Balaban J connectivity index is 2.05. The lowest BCUT2D eigenvalue weighted by Crippen LogP contribution is -2.32. The van der Waals surface area contributed by atoms with Crippen molar-refractivity contribution < 1.29 is 0 Å². The number of aromatic nitrogens is 1. The minimum absolute atomic E-state index is 0.696. The van der Waals surface area contributed by atoms with E-state index >= 15 is 0 Å². The van der Waals surface area contributed by atoms with Crippen LogP contribution in [0.4, 0.5) is 0 Å². The van der Waals surface area contributed by atoms with Crippen LogP contribution in [0.1, 0.15) is 56.7 Å². The van der Waals surface area contributed by atoms with Crippen molar-refractivity contribution in [1.29, 1.82) is 0 Å². The molecule has 1 heterocycles. The van der Waals surface area contributed by atoms with E-state index in [9.17, 15) is 0 Å². The molecule has 2 nitrogen and oxygen atoms in total. The Kier molecular flexibility index (Phi) is 5.38. The van der Waals surface area contributed by atoms with Gasteiger partial charge in [-0.3, -0.25) is 4.98 Å². The second-order valence-corrected chi connectivity index (χ2v) is 6.22. The van der Waals surface area contributed by atoms with Crippen molar-refractivity contribution >= 4 is 0 Å². The van der Waals surface area contributed by atoms with Gasteiger partial charge in [0.2, 0.25) is 0 Å². The summed E-state index contributed by atoms with van der Waals surface area (Å²) in [6.45, 7) is 9.00. The van der Waals surface area contributed by atoms with Crippen molar-refractivity contribution in [2.24, 2.45) is 11.8 Å². The zero-order chi connectivity index (χ0) is 13.7. The number of nitrogens with one attached hydrogen (secondary N) is 1. The number of hydrogen-bond acceptors (Lipinski definition) is 2. The smallest absolute Gasteiger partial charge is 0.0372 e. The van der Waals surface area contributed by atoms with Crippen LogP contribution in [0.2, 0.25) is 0 Å². The molecule has 0 aliphatic heterocycles. The zero-order valence-corrected chi connectivity index (χ0v) is 12.7. The quantitative estimate of drug-likeness (QED) is 0.812. The molecule has 1 aliphatic rings. The minimum Gasteiger partial charge on any atom is -0.316 e. The van der Waals surface area contributed by atoms with Gasteiger partial charge in [-0.1, -0.05) is 26.3 Å². The molecule has 1 aliphatic carbocycles. The summed E-state index contributed by atoms with van der Waals surface area (Å²) in [5.41, 5.74) is 2.56. The molecule has 1 saturated carbocycles. The molecular weight excluding hydrogens is 232 g/mol. The summed E-state index contributed by atoms with van der Waals surface area (Å²) in [7, 11) is 0. The molecule has 0 radical (unpaired) electrons. The average molecular weight is 260 g/mol. The normalized spacial score (nSPS) is 27.4.